The van der Waals surface area contributed by atoms with Crippen LogP contribution in [0.4, 0.5) is 51.2 Å². The second-order valence-electron chi connectivity index (χ2n) is 26.8. The highest BCUT2D eigenvalue weighted by Crippen LogP contribution is 2.59. The zero-order valence-corrected chi connectivity index (χ0v) is 48.7. The number of thiophene rings is 1. The van der Waals surface area contributed by atoms with E-state index in [1.54, 1.807) is 0 Å². The van der Waals surface area contributed by atoms with Crippen LogP contribution >= 0.6 is 11.3 Å². The average Bonchev–Trinajstić information content (AvgIpc) is 3.98. The molecular formula is C74H66BN3OS. The van der Waals surface area contributed by atoms with Crippen molar-refractivity contribution in [3.8, 4) is 0 Å². The first-order chi connectivity index (χ1) is 38.4. The van der Waals surface area contributed by atoms with Crippen LogP contribution in [0.1, 0.15) is 132 Å². The summed E-state index contributed by atoms with van der Waals surface area (Å²) in [6, 6.07) is 67.4. The molecule has 6 heteroatoms. The molecule has 5 heterocycles. The molecule has 80 heavy (non-hydrogen) atoms. The maximum atomic E-state index is 7.11. The summed E-state index contributed by atoms with van der Waals surface area (Å²) in [5.41, 5.74) is 27.0. The summed E-state index contributed by atoms with van der Waals surface area (Å²) in [5.74, 6) is 0. The highest BCUT2D eigenvalue weighted by molar-refractivity contribution is 7.34. The molecule has 16 rings (SSSR count). The lowest BCUT2D eigenvalue weighted by atomic mass is 9.36. The van der Waals surface area contributed by atoms with Crippen LogP contribution in [0.3, 0.4) is 0 Å². The Morgan fingerprint density at radius 3 is 1.82 bits per heavy atom. The van der Waals surface area contributed by atoms with Gasteiger partial charge < -0.3 is 19.1 Å². The Balaban J connectivity index is 1.06. The fourth-order valence-electron chi connectivity index (χ4n) is 15.9. The number of hydrogen-bond donors (Lipinski definition) is 0. The summed E-state index contributed by atoms with van der Waals surface area (Å²) < 4.78 is 9.90. The van der Waals surface area contributed by atoms with E-state index in [4.69, 9.17) is 4.42 Å². The maximum Gasteiger partial charge on any atom is 0.264 e. The summed E-state index contributed by atoms with van der Waals surface area (Å²) in [7, 11) is 0. The van der Waals surface area contributed by atoms with Crippen molar-refractivity contribution in [2.24, 2.45) is 0 Å². The molecule has 0 fully saturated rings. The number of aryl methyl sites for hydroxylation is 1. The Kier molecular flexibility index (Phi) is 9.61. The molecule has 2 aromatic heterocycles. The molecule has 11 aromatic rings. The summed E-state index contributed by atoms with van der Waals surface area (Å²) in [4.78, 5) is 7.84. The van der Waals surface area contributed by atoms with Gasteiger partial charge in [-0.2, -0.15) is 0 Å². The minimum Gasteiger partial charge on any atom is -0.454 e. The first-order valence-electron chi connectivity index (χ1n) is 29.0. The Morgan fingerprint density at radius 1 is 0.425 bits per heavy atom. The van der Waals surface area contributed by atoms with Crippen LogP contribution in [0.25, 0.3) is 32.0 Å². The molecule has 0 atom stereocenters. The Bertz CT molecular complexity index is 4510. The molecule has 0 unspecified atom stereocenters. The molecule has 0 N–H and O–H groups in total. The van der Waals surface area contributed by atoms with Gasteiger partial charge in [-0.25, -0.2) is 0 Å². The molecule has 4 nitrogen and oxygen atoms in total. The molecule has 9 aromatic carbocycles. The van der Waals surface area contributed by atoms with Crippen molar-refractivity contribution in [1.82, 2.24) is 0 Å². The van der Waals surface area contributed by atoms with Crippen molar-refractivity contribution in [1.29, 1.82) is 0 Å². The number of nitrogens with zero attached hydrogens (tertiary/aromatic N) is 3. The van der Waals surface area contributed by atoms with Gasteiger partial charge in [-0.1, -0.05) is 184 Å². The third-order valence-corrected chi connectivity index (χ3v) is 21.4. The molecular weight excluding hydrogens is 990 g/mol. The zero-order chi connectivity index (χ0) is 54.7. The predicted molar refractivity (Wildman–Crippen MR) is 341 cm³/mol. The van der Waals surface area contributed by atoms with Gasteiger partial charge >= 0.3 is 0 Å². The second-order valence-corrected chi connectivity index (χ2v) is 27.8. The van der Waals surface area contributed by atoms with Gasteiger partial charge in [-0.15, -0.1) is 11.3 Å². The SMILES string of the molecule is Cc1cc2c3c(c1)N(c1cccc4c1oc1ccccc14)c1cc4c(cc1B3c1sc3c5c(ccc3c1N2c1ccc2c(c1)C(C)(C)CCC2(C)C)C(C)(C)c1ccccc1C5(C)C)C(C)(C)c1ccccc1N4c1ccccc1. The van der Waals surface area contributed by atoms with Gasteiger partial charge in [-0.3, -0.25) is 0 Å². The lowest BCUT2D eigenvalue weighted by molar-refractivity contribution is 0.332. The summed E-state index contributed by atoms with van der Waals surface area (Å²) in [6.45, 7) is 26.8. The highest BCUT2D eigenvalue weighted by Gasteiger charge is 2.51. The van der Waals surface area contributed by atoms with E-state index in [1.165, 1.54) is 122 Å². The number of benzene rings is 9. The molecule has 0 bridgehead atoms. The van der Waals surface area contributed by atoms with E-state index in [2.05, 4.69) is 278 Å². The molecule has 392 valence electrons. The van der Waals surface area contributed by atoms with E-state index < -0.39 is 0 Å². The molecule has 0 saturated heterocycles. The van der Waals surface area contributed by atoms with Gasteiger partial charge in [0.2, 0.25) is 0 Å². The Hall–Kier alpha value is -7.80. The van der Waals surface area contributed by atoms with Crippen molar-refractivity contribution in [2.45, 2.75) is 116 Å². The monoisotopic (exact) mass is 1060 g/mol. The lowest BCUT2D eigenvalue weighted by Gasteiger charge is -2.47. The number of fused-ring (bicyclic) bond motifs is 15. The van der Waals surface area contributed by atoms with Crippen molar-refractivity contribution in [3.05, 3.63) is 226 Å². The molecule has 3 aliphatic heterocycles. The van der Waals surface area contributed by atoms with E-state index in [0.29, 0.717) is 0 Å². The molecule has 0 spiro atoms. The van der Waals surface area contributed by atoms with Gasteiger partial charge in [0.1, 0.15) is 5.58 Å². The minimum atomic E-state index is -0.332. The molecule has 0 radical (unpaired) electrons. The molecule has 2 aliphatic carbocycles. The third-order valence-electron chi connectivity index (χ3n) is 20.1. The fraction of sp³-hybridized carbons (Fsp3) is 0.243. The van der Waals surface area contributed by atoms with E-state index in [0.717, 1.165) is 39.7 Å². The predicted octanol–water partition coefficient (Wildman–Crippen LogP) is 18.6. The van der Waals surface area contributed by atoms with Crippen LogP contribution in [-0.4, -0.2) is 6.71 Å². The van der Waals surface area contributed by atoms with Gasteiger partial charge in [-0.05, 0) is 152 Å². The first-order valence-corrected chi connectivity index (χ1v) is 29.8. The van der Waals surface area contributed by atoms with E-state index in [1.807, 2.05) is 0 Å². The number of hydrogen-bond acceptors (Lipinski definition) is 5. The van der Waals surface area contributed by atoms with Crippen LogP contribution in [0.5, 0.6) is 0 Å². The normalized spacial score (nSPS) is 18.0. The Morgan fingerprint density at radius 2 is 1.05 bits per heavy atom. The van der Waals surface area contributed by atoms with Crippen LogP contribution in [0.2, 0.25) is 0 Å². The third kappa shape index (κ3) is 6.24. The van der Waals surface area contributed by atoms with Crippen LogP contribution in [0.15, 0.2) is 180 Å². The van der Waals surface area contributed by atoms with Crippen molar-refractivity contribution in [2.75, 3.05) is 14.7 Å². The fourth-order valence-corrected chi connectivity index (χ4v) is 17.5. The molecule has 5 aliphatic rings. The van der Waals surface area contributed by atoms with Gasteiger partial charge in [0, 0.05) is 70.3 Å². The van der Waals surface area contributed by atoms with Crippen LogP contribution in [-0.2, 0) is 27.1 Å². The second kappa shape index (κ2) is 16.0. The van der Waals surface area contributed by atoms with Crippen LogP contribution in [0, 0.1) is 6.92 Å². The van der Waals surface area contributed by atoms with Gasteiger partial charge in [0.15, 0.2) is 5.58 Å². The zero-order valence-electron chi connectivity index (χ0n) is 47.9. The van der Waals surface area contributed by atoms with Gasteiger partial charge in [0.05, 0.1) is 22.7 Å². The number of rotatable bonds is 3. The highest BCUT2D eigenvalue weighted by atomic mass is 32.1. The molecule has 0 amide bonds. The molecule has 0 saturated carbocycles. The van der Waals surface area contributed by atoms with E-state index in [9.17, 15) is 0 Å². The smallest absolute Gasteiger partial charge is 0.264 e. The summed E-state index contributed by atoms with van der Waals surface area (Å²) in [5, 5.41) is 3.57. The van der Waals surface area contributed by atoms with E-state index >= 15 is 0 Å². The topological polar surface area (TPSA) is 22.9 Å². The quantitative estimate of drug-likeness (QED) is 0.165. The Labute approximate surface area is 475 Å². The maximum absolute atomic E-state index is 7.11. The standard InChI is InChI=1S/C74H66BN3OS/c1-43-38-61-65-62(39-43)78(58-30-21-25-47-46-24-15-20-31-63(46)79-67(47)58)60-42-59-55(73(8,9)52-28-18-19-29-57(52)76(59)44-22-13-12-14-23-44)41-56(60)75(65)69-66(77(61)45-32-34-49-54(40-45)71(4,5)37-36-70(49,2)3)48-33-35-53-64(68(48)80-69)74(10,11)51-27-17-16-26-50(51)72(53,6)7/h12-35,38-42H,36-37H2,1-11H3. The minimum absolute atomic E-state index is 0.0198. The van der Waals surface area contributed by atoms with Crippen molar-refractivity contribution in [3.63, 3.8) is 0 Å². The first kappa shape index (κ1) is 48.1. The van der Waals surface area contributed by atoms with Crippen molar-refractivity contribution >= 4 is 117 Å². The lowest BCUT2D eigenvalue weighted by Crippen LogP contribution is -2.60. The van der Waals surface area contributed by atoms with Crippen LogP contribution < -0.4 is 30.4 Å². The number of para-hydroxylation sites is 4. The van der Waals surface area contributed by atoms with E-state index in [-0.39, 0.29) is 33.8 Å². The summed E-state index contributed by atoms with van der Waals surface area (Å²) in [6.07, 6.45) is 2.32. The number of furan rings is 1. The number of anilines is 9. The van der Waals surface area contributed by atoms with Crippen molar-refractivity contribution < 1.29 is 4.42 Å². The average molecular weight is 1060 g/mol. The largest absolute Gasteiger partial charge is 0.454 e. The summed E-state index contributed by atoms with van der Waals surface area (Å²) >= 11 is 2.06. The van der Waals surface area contributed by atoms with Gasteiger partial charge in [0.25, 0.3) is 6.71 Å².